The summed E-state index contributed by atoms with van der Waals surface area (Å²) in [5.41, 5.74) is 1.32. The lowest BCUT2D eigenvalue weighted by Crippen LogP contribution is -3.08. The molecule has 1 aliphatic heterocycles. The van der Waals surface area contributed by atoms with E-state index in [-0.39, 0.29) is 11.5 Å². The lowest BCUT2D eigenvalue weighted by atomic mass is 10.0. The van der Waals surface area contributed by atoms with Gasteiger partial charge in [0.1, 0.15) is 11.5 Å². The van der Waals surface area contributed by atoms with Crippen molar-refractivity contribution in [3.05, 3.63) is 46.1 Å². The summed E-state index contributed by atoms with van der Waals surface area (Å²) in [5.74, 6) is -1.60. The van der Waals surface area contributed by atoms with Crippen LogP contribution < -0.4 is 15.3 Å². The third-order valence-electron chi connectivity index (χ3n) is 3.71. The number of pyridine rings is 1. The first kappa shape index (κ1) is 14.7. The van der Waals surface area contributed by atoms with Gasteiger partial charge in [-0.15, -0.1) is 11.3 Å². The van der Waals surface area contributed by atoms with Crippen LogP contribution in [0.3, 0.4) is 0 Å². The fourth-order valence-electron chi connectivity index (χ4n) is 2.60. The van der Waals surface area contributed by atoms with E-state index in [0.29, 0.717) is 17.0 Å². The molecule has 0 saturated carbocycles. The van der Waals surface area contributed by atoms with Crippen LogP contribution in [0.1, 0.15) is 31.2 Å². The molecule has 0 saturated heterocycles. The molecule has 0 fully saturated rings. The van der Waals surface area contributed by atoms with Crippen molar-refractivity contribution >= 4 is 28.2 Å². The van der Waals surface area contributed by atoms with Gasteiger partial charge in [-0.3, -0.25) is 9.78 Å². The fourth-order valence-corrected chi connectivity index (χ4v) is 3.94. The molecule has 7 heteroatoms. The minimum absolute atomic E-state index is 0.129. The maximum atomic E-state index is 12.2. The summed E-state index contributed by atoms with van der Waals surface area (Å²) in [7, 11) is 2.06. The first-order valence-corrected chi connectivity index (χ1v) is 7.76. The molecule has 1 aliphatic rings. The van der Waals surface area contributed by atoms with Crippen LogP contribution in [0, 0.1) is 0 Å². The highest BCUT2D eigenvalue weighted by Gasteiger charge is 2.26. The molecule has 2 N–H and O–H groups in total. The predicted octanol–water partition coefficient (Wildman–Crippen LogP) is -0.670. The van der Waals surface area contributed by atoms with Gasteiger partial charge in [0.15, 0.2) is 0 Å². The molecule has 0 bridgehead atoms. The molecule has 0 spiro atoms. The standard InChI is InChI=1S/C15H15N3O3S/c1-18-6-4-10-11(8-18)22-14(12(10)15(20)21)17-13(19)9-3-2-5-16-7-9/h2-3,5,7H,4,6,8H2,1H3,(H,17,19)(H,20,21). The number of carbonyl (C=O) groups is 2. The van der Waals surface area contributed by atoms with Crippen molar-refractivity contribution in [3.8, 4) is 0 Å². The number of thiophene rings is 1. The number of hydrogen-bond acceptors (Lipinski definition) is 5. The van der Waals surface area contributed by atoms with Gasteiger partial charge < -0.3 is 20.1 Å². The summed E-state index contributed by atoms with van der Waals surface area (Å²) in [6.07, 6.45) is 3.70. The van der Waals surface area contributed by atoms with Crippen LogP contribution in [0.5, 0.6) is 0 Å². The van der Waals surface area contributed by atoms with E-state index in [9.17, 15) is 14.7 Å². The largest absolute Gasteiger partial charge is 0.545 e. The average molecular weight is 317 g/mol. The smallest absolute Gasteiger partial charge is 0.257 e. The highest BCUT2D eigenvalue weighted by atomic mass is 32.1. The maximum Gasteiger partial charge on any atom is 0.257 e. The zero-order chi connectivity index (χ0) is 15.7. The average Bonchev–Trinajstić information content (AvgIpc) is 2.85. The summed E-state index contributed by atoms with van der Waals surface area (Å²) in [6, 6.07) is 3.29. The second-order valence-electron chi connectivity index (χ2n) is 5.33. The molecule has 0 aromatic carbocycles. The normalized spacial score (nSPS) is 16.9. The van der Waals surface area contributed by atoms with Crippen LogP contribution in [-0.4, -0.2) is 30.5 Å². The van der Waals surface area contributed by atoms with Crippen molar-refractivity contribution < 1.29 is 19.6 Å². The van der Waals surface area contributed by atoms with E-state index in [4.69, 9.17) is 0 Å². The Morgan fingerprint density at radius 2 is 2.27 bits per heavy atom. The fraction of sp³-hybridized carbons (Fsp3) is 0.267. The number of carboxylic acids is 1. The highest BCUT2D eigenvalue weighted by Crippen LogP contribution is 2.34. The molecule has 22 heavy (non-hydrogen) atoms. The number of anilines is 1. The van der Waals surface area contributed by atoms with E-state index >= 15 is 0 Å². The Bertz CT molecular complexity index is 727. The van der Waals surface area contributed by atoms with Gasteiger partial charge in [-0.1, -0.05) is 0 Å². The van der Waals surface area contributed by atoms with Crippen LogP contribution in [0.15, 0.2) is 24.5 Å². The summed E-state index contributed by atoms with van der Waals surface area (Å²) < 4.78 is 0. The molecule has 2 aromatic heterocycles. The number of aromatic carboxylic acids is 1. The number of nitrogens with one attached hydrogen (secondary N) is 2. The van der Waals surface area contributed by atoms with Crippen LogP contribution in [-0.2, 0) is 13.0 Å². The molecule has 0 aliphatic carbocycles. The van der Waals surface area contributed by atoms with E-state index < -0.39 is 5.97 Å². The second kappa shape index (κ2) is 5.86. The third-order valence-corrected chi connectivity index (χ3v) is 4.86. The number of nitrogens with zero attached hydrogens (tertiary/aromatic N) is 1. The SMILES string of the molecule is C[NH+]1CCc2c(sc(NC(=O)c3cccnc3)c2C(=O)[O-])C1. The number of carbonyl (C=O) groups excluding carboxylic acids is 2. The number of hydrogen-bond donors (Lipinski definition) is 2. The van der Waals surface area contributed by atoms with E-state index in [1.54, 1.807) is 18.3 Å². The molecular weight excluding hydrogens is 302 g/mol. The predicted molar refractivity (Wildman–Crippen MR) is 80.0 cm³/mol. The van der Waals surface area contributed by atoms with E-state index in [1.807, 2.05) is 0 Å². The van der Waals surface area contributed by atoms with Crippen molar-refractivity contribution in [1.82, 2.24) is 4.98 Å². The first-order valence-electron chi connectivity index (χ1n) is 6.95. The number of aromatic nitrogens is 1. The van der Waals surface area contributed by atoms with E-state index in [0.717, 1.165) is 23.5 Å². The second-order valence-corrected chi connectivity index (χ2v) is 6.43. The molecule has 0 radical (unpaired) electrons. The van der Waals surface area contributed by atoms with Gasteiger partial charge in [0.05, 0.1) is 30.0 Å². The third kappa shape index (κ3) is 2.72. The van der Waals surface area contributed by atoms with Gasteiger partial charge >= 0.3 is 0 Å². The molecule has 3 heterocycles. The first-order chi connectivity index (χ1) is 10.6. The molecule has 3 rings (SSSR count). The zero-order valence-corrected chi connectivity index (χ0v) is 12.8. The highest BCUT2D eigenvalue weighted by molar-refractivity contribution is 7.17. The maximum absolute atomic E-state index is 12.2. The summed E-state index contributed by atoms with van der Waals surface area (Å²) in [4.78, 5) is 29.9. The van der Waals surface area contributed by atoms with E-state index in [2.05, 4.69) is 17.3 Å². The van der Waals surface area contributed by atoms with Crippen LogP contribution in [0.25, 0.3) is 0 Å². The van der Waals surface area contributed by atoms with E-state index in [1.165, 1.54) is 22.4 Å². The molecule has 6 nitrogen and oxygen atoms in total. The van der Waals surface area contributed by atoms with Crippen molar-refractivity contribution in [3.63, 3.8) is 0 Å². The Balaban J connectivity index is 1.94. The van der Waals surface area contributed by atoms with Crippen molar-refractivity contribution in [2.24, 2.45) is 0 Å². The Morgan fingerprint density at radius 3 is 2.95 bits per heavy atom. The minimum Gasteiger partial charge on any atom is -0.545 e. The van der Waals surface area contributed by atoms with Crippen molar-refractivity contribution in [2.75, 3.05) is 18.9 Å². The Labute approximate surface area is 131 Å². The summed E-state index contributed by atoms with van der Waals surface area (Å²) >= 11 is 1.32. The molecular formula is C15H15N3O3S. The molecule has 2 aromatic rings. The molecule has 114 valence electrons. The van der Waals surface area contributed by atoms with Gasteiger partial charge in [0.2, 0.25) is 0 Å². The summed E-state index contributed by atoms with van der Waals surface area (Å²) in [6.45, 7) is 1.64. The molecule has 1 atom stereocenters. The van der Waals surface area contributed by atoms with Gasteiger partial charge in [-0.2, -0.15) is 0 Å². The van der Waals surface area contributed by atoms with Gasteiger partial charge in [-0.25, -0.2) is 0 Å². The quantitative estimate of drug-likeness (QED) is 0.786. The van der Waals surface area contributed by atoms with Gasteiger partial charge in [0.25, 0.3) is 5.91 Å². The topological polar surface area (TPSA) is 86.6 Å². The monoisotopic (exact) mass is 317 g/mol. The number of quaternary nitrogens is 1. The van der Waals surface area contributed by atoms with Crippen LogP contribution in [0.2, 0.25) is 0 Å². The van der Waals surface area contributed by atoms with Crippen molar-refractivity contribution in [1.29, 1.82) is 0 Å². The summed E-state index contributed by atoms with van der Waals surface area (Å²) in [5, 5.41) is 14.5. The number of carboxylic acid groups (broad SMARTS) is 1. The van der Waals surface area contributed by atoms with Gasteiger partial charge in [-0.05, 0) is 17.7 Å². The van der Waals surface area contributed by atoms with Crippen LogP contribution >= 0.6 is 11.3 Å². The lowest BCUT2D eigenvalue weighted by Gasteiger charge is -2.20. The minimum atomic E-state index is -1.24. The van der Waals surface area contributed by atoms with Crippen molar-refractivity contribution in [2.45, 2.75) is 13.0 Å². The molecule has 1 unspecified atom stereocenters. The lowest BCUT2D eigenvalue weighted by molar-refractivity contribution is -0.895. The Morgan fingerprint density at radius 1 is 1.45 bits per heavy atom. The number of amides is 1. The molecule has 1 amide bonds. The number of likely N-dealkylation sites (N-methyl/N-ethyl adjacent to an activating group) is 1. The number of fused-ring (bicyclic) bond motifs is 1. The zero-order valence-electron chi connectivity index (χ0n) is 12.0. The Hall–Kier alpha value is -2.25. The van der Waals surface area contributed by atoms with Gasteiger partial charge in [0, 0.05) is 24.4 Å². The van der Waals surface area contributed by atoms with Crippen LogP contribution in [0.4, 0.5) is 5.00 Å². The Kier molecular flexibility index (Phi) is 3.91. The number of rotatable bonds is 3.